The van der Waals surface area contributed by atoms with E-state index >= 15 is 0 Å². The summed E-state index contributed by atoms with van der Waals surface area (Å²) >= 11 is 0. The molecule has 3 amide bonds. The molecule has 1 saturated heterocycles. The molecule has 13 heteroatoms. The normalized spacial score (nSPS) is 21.3. The molecule has 2 aromatic rings. The van der Waals surface area contributed by atoms with Crippen molar-refractivity contribution in [3.8, 4) is 0 Å². The van der Waals surface area contributed by atoms with Crippen LogP contribution in [0.15, 0.2) is 48.5 Å². The van der Waals surface area contributed by atoms with E-state index in [2.05, 4.69) is 0 Å². The lowest BCUT2D eigenvalue weighted by Crippen LogP contribution is -2.47. The maximum atomic E-state index is 13.7. The fourth-order valence-electron chi connectivity index (χ4n) is 5.68. The van der Waals surface area contributed by atoms with Crippen LogP contribution in [-0.2, 0) is 52.9 Å². The Morgan fingerprint density at radius 1 is 1.05 bits per heavy atom. The number of aryl methyl sites for hydroxylation is 1. The molecule has 2 fully saturated rings. The van der Waals surface area contributed by atoms with Crippen LogP contribution in [0.25, 0.3) is 0 Å². The van der Waals surface area contributed by atoms with Crippen molar-refractivity contribution in [1.29, 1.82) is 0 Å². The van der Waals surface area contributed by atoms with Gasteiger partial charge in [-0.05, 0) is 55.4 Å². The molecule has 1 heterocycles. The maximum Gasteiger partial charge on any atom is 0.418 e. The second kappa shape index (κ2) is 9.88. The Hall–Kier alpha value is -3.45. The SMILES string of the molecule is C[C@@H](C1CC1)N(Cc1ccccc1)C(=O)CN1C(=O)OC2(CCc3cc(N(S(C)(=O)=O)S(C)(=O)=O)ccc32)C1=O. The molecular weight excluding hydrogens is 558 g/mol. The maximum absolute atomic E-state index is 13.7. The Bertz CT molecular complexity index is 1560. The Kier molecular flexibility index (Phi) is 6.94. The minimum atomic E-state index is -4.16. The van der Waals surface area contributed by atoms with Gasteiger partial charge in [-0.1, -0.05) is 36.4 Å². The van der Waals surface area contributed by atoms with Gasteiger partial charge in [-0.3, -0.25) is 9.59 Å². The number of hydrogen-bond acceptors (Lipinski definition) is 8. The highest BCUT2D eigenvalue weighted by Gasteiger charge is 2.58. The summed E-state index contributed by atoms with van der Waals surface area (Å²) in [6, 6.07) is 13.5. The molecule has 2 aromatic carbocycles. The summed E-state index contributed by atoms with van der Waals surface area (Å²) in [5.41, 5.74) is 0.0119. The number of hydrogen-bond donors (Lipinski definition) is 0. The highest BCUT2D eigenvalue weighted by molar-refractivity contribution is 8.09. The van der Waals surface area contributed by atoms with Gasteiger partial charge in [0.2, 0.25) is 31.6 Å². The standard InChI is InChI=1S/C27H31N3O8S2/c1-18(20-9-10-20)28(16-19-7-5-4-6-8-19)24(31)17-29-25(32)27(38-26(29)33)14-13-21-15-22(11-12-23(21)27)30(39(2,34)35)40(3,36)37/h4-8,11-12,15,18,20H,9-10,13-14,16-17H2,1-3H3/t18-,27?/m0/s1. The number of benzene rings is 2. The fourth-order valence-corrected chi connectivity index (χ4v) is 8.64. The predicted molar refractivity (Wildman–Crippen MR) is 146 cm³/mol. The van der Waals surface area contributed by atoms with Crippen LogP contribution in [-0.4, -0.2) is 69.6 Å². The zero-order valence-electron chi connectivity index (χ0n) is 22.4. The van der Waals surface area contributed by atoms with E-state index in [9.17, 15) is 31.2 Å². The van der Waals surface area contributed by atoms with Gasteiger partial charge < -0.3 is 9.64 Å². The molecule has 11 nitrogen and oxygen atoms in total. The third-order valence-corrected chi connectivity index (χ3v) is 11.0. The molecule has 2 aliphatic carbocycles. The number of rotatable bonds is 9. The summed E-state index contributed by atoms with van der Waals surface area (Å²) in [4.78, 5) is 42.7. The van der Waals surface area contributed by atoms with Crippen molar-refractivity contribution in [3.05, 3.63) is 65.2 Å². The Labute approximate surface area is 233 Å². The van der Waals surface area contributed by atoms with Crippen LogP contribution < -0.4 is 3.71 Å². The first-order chi connectivity index (χ1) is 18.7. The molecule has 214 valence electrons. The van der Waals surface area contributed by atoms with Crippen molar-refractivity contribution < 1.29 is 36.0 Å². The number of carbonyl (C=O) groups excluding carboxylic acids is 3. The Morgan fingerprint density at radius 2 is 1.70 bits per heavy atom. The van der Waals surface area contributed by atoms with Crippen LogP contribution >= 0.6 is 0 Å². The van der Waals surface area contributed by atoms with Crippen LogP contribution in [0.3, 0.4) is 0 Å². The van der Waals surface area contributed by atoms with Crippen LogP contribution in [0.2, 0.25) is 0 Å². The zero-order valence-corrected chi connectivity index (χ0v) is 24.1. The molecule has 0 aromatic heterocycles. The van der Waals surface area contributed by atoms with Gasteiger partial charge in [-0.25, -0.2) is 26.5 Å². The number of amides is 3. The van der Waals surface area contributed by atoms with E-state index in [0.717, 1.165) is 35.8 Å². The largest absolute Gasteiger partial charge is 0.427 e. The first kappa shape index (κ1) is 28.1. The van der Waals surface area contributed by atoms with E-state index in [1.54, 1.807) is 4.90 Å². The molecule has 1 aliphatic heterocycles. The van der Waals surface area contributed by atoms with Gasteiger partial charge in [0.1, 0.15) is 6.54 Å². The van der Waals surface area contributed by atoms with Crippen molar-refractivity contribution in [3.63, 3.8) is 0 Å². The lowest BCUT2D eigenvalue weighted by atomic mass is 9.94. The molecule has 1 unspecified atom stereocenters. The summed E-state index contributed by atoms with van der Waals surface area (Å²) in [7, 11) is -8.32. The third-order valence-electron chi connectivity index (χ3n) is 7.76. The number of ether oxygens (including phenoxy) is 1. The van der Waals surface area contributed by atoms with Crippen molar-refractivity contribution >= 4 is 43.6 Å². The van der Waals surface area contributed by atoms with E-state index in [4.69, 9.17) is 4.74 Å². The second-order valence-electron chi connectivity index (χ2n) is 10.7. The number of fused-ring (bicyclic) bond motifs is 2. The summed E-state index contributed by atoms with van der Waals surface area (Å²) < 4.78 is 54.8. The molecule has 2 atom stereocenters. The molecule has 1 saturated carbocycles. The fraction of sp³-hybridized carbons (Fsp3) is 0.444. The van der Waals surface area contributed by atoms with E-state index < -0.39 is 44.2 Å². The summed E-state index contributed by atoms with van der Waals surface area (Å²) in [6.45, 7) is 1.86. The number of anilines is 1. The third kappa shape index (κ3) is 5.07. The zero-order chi connectivity index (χ0) is 29.0. The number of nitrogens with zero attached hydrogens (tertiary/aromatic N) is 3. The van der Waals surface area contributed by atoms with Crippen LogP contribution in [0.1, 0.15) is 42.9 Å². The van der Waals surface area contributed by atoms with Crippen molar-refractivity contribution in [2.24, 2.45) is 5.92 Å². The first-order valence-corrected chi connectivity index (χ1v) is 16.6. The molecule has 5 rings (SSSR count). The minimum Gasteiger partial charge on any atom is -0.427 e. The molecule has 0 bridgehead atoms. The molecule has 0 N–H and O–H groups in total. The molecule has 1 spiro atoms. The number of carbonyl (C=O) groups is 3. The first-order valence-electron chi connectivity index (χ1n) is 12.9. The average molecular weight is 590 g/mol. The number of imide groups is 1. The van der Waals surface area contributed by atoms with Crippen LogP contribution in [0.5, 0.6) is 0 Å². The van der Waals surface area contributed by atoms with Gasteiger partial charge in [-0.2, -0.15) is 3.71 Å². The predicted octanol–water partition coefficient (Wildman–Crippen LogP) is 2.36. The lowest BCUT2D eigenvalue weighted by molar-refractivity contribution is -0.143. The van der Waals surface area contributed by atoms with Gasteiger partial charge in [-0.15, -0.1) is 0 Å². The van der Waals surface area contributed by atoms with Crippen LogP contribution in [0, 0.1) is 5.92 Å². The van der Waals surface area contributed by atoms with Gasteiger partial charge in [0.05, 0.1) is 18.2 Å². The second-order valence-corrected chi connectivity index (χ2v) is 14.6. The van der Waals surface area contributed by atoms with Crippen molar-refractivity contribution in [2.75, 3.05) is 22.8 Å². The molecular formula is C27H31N3O8S2. The summed E-state index contributed by atoms with van der Waals surface area (Å²) in [6.07, 6.45) is 3.00. The van der Waals surface area contributed by atoms with E-state index in [1.807, 2.05) is 37.3 Å². The van der Waals surface area contributed by atoms with Crippen LogP contribution in [0.4, 0.5) is 10.5 Å². The topological polar surface area (TPSA) is 138 Å². The van der Waals surface area contributed by atoms with E-state index in [1.165, 1.54) is 18.2 Å². The smallest absolute Gasteiger partial charge is 0.418 e. The molecule has 0 radical (unpaired) electrons. The van der Waals surface area contributed by atoms with E-state index in [0.29, 0.717) is 27.3 Å². The summed E-state index contributed by atoms with van der Waals surface area (Å²) in [5, 5.41) is 0. The average Bonchev–Trinajstić information content (AvgIpc) is 3.62. The van der Waals surface area contributed by atoms with Crippen molar-refractivity contribution in [1.82, 2.24) is 9.80 Å². The van der Waals surface area contributed by atoms with Gasteiger partial charge in [0, 0.05) is 24.6 Å². The molecule has 40 heavy (non-hydrogen) atoms. The van der Waals surface area contributed by atoms with Gasteiger partial charge in [0.25, 0.3) is 5.91 Å². The summed E-state index contributed by atoms with van der Waals surface area (Å²) in [5.74, 6) is -0.662. The lowest BCUT2D eigenvalue weighted by Gasteiger charge is -2.30. The van der Waals surface area contributed by atoms with E-state index in [-0.39, 0.29) is 30.5 Å². The minimum absolute atomic E-state index is 0.0614. The highest BCUT2D eigenvalue weighted by atomic mass is 32.3. The van der Waals surface area contributed by atoms with Gasteiger partial charge >= 0.3 is 6.09 Å². The molecule has 3 aliphatic rings. The Balaban J connectivity index is 1.40. The Morgan fingerprint density at radius 3 is 2.30 bits per heavy atom. The highest BCUT2D eigenvalue weighted by Crippen LogP contribution is 2.46. The quantitative estimate of drug-likeness (QED) is 0.435. The van der Waals surface area contributed by atoms with Gasteiger partial charge in [0.15, 0.2) is 0 Å². The van der Waals surface area contributed by atoms with Crippen molar-refractivity contribution in [2.45, 2.75) is 50.8 Å². The number of sulfonamides is 2. The monoisotopic (exact) mass is 589 g/mol.